The summed E-state index contributed by atoms with van der Waals surface area (Å²) in [6.45, 7) is 1.80. The molecule has 160 valence electrons. The average Bonchev–Trinajstić information content (AvgIpc) is 2.67. The molecule has 0 saturated carbocycles. The number of nitrogens with one attached hydrogen (secondary N) is 2. The van der Waals surface area contributed by atoms with Crippen LogP contribution in [0.1, 0.15) is 17.5 Å². The molecule has 0 unspecified atom stereocenters. The first kappa shape index (κ1) is 23.0. The predicted molar refractivity (Wildman–Crippen MR) is 107 cm³/mol. The van der Waals surface area contributed by atoms with Crippen molar-refractivity contribution in [3.8, 4) is 0 Å². The molecule has 0 aromatic heterocycles. The molecule has 0 radical (unpaired) electrons. The van der Waals surface area contributed by atoms with E-state index >= 15 is 0 Å². The molecule has 0 saturated heterocycles. The molecule has 4 N–H and O–H groups in total. The van der Waals surface area contributed by atoms with Crippen LogP contribution in [0.15, 0.2) is 59.5 Å². The molecule has 0 aliphatic carbocycles. The van der Waals surface area contributed by atoms with Gasteiger partial charge in [-0.1, -0.05) is 48.0 Å². The van der Waals surface area contributed by atoms with Crippen molar-refractivity contribution in [1.29, 1.82) is 0 Å². The Kier molecular flexibility index (Phi) is 7.67. The van der Waals surface area contributed by atoms with Gasteiger partial charge in [-0.25, -0.2) is 13.2 Å². The number of amides is 1. The van der Waals surface area contributed by atoms with Gasteiger partial charge in [0, 0.05) is 0 Å². The van der Waals surface area contributed by atoms with E-state index in [2.05, 4.69) is 10.0 Å². The summed E-state index contributed by atoms with van der Waals surface area (Å²) in [4.78, 5) is 34.8. The van der Waals surface area contributed by atoms with Gasteiger partial charge in [-0.2, -0.15) is 4.72 Å². The second-order valence-electron chi connectivity index (χ2n) is 6.67. The van der Waals surface area contributed by atoms with Crippen molar-refractivity contribution >= 4 is 27.9 Å². The highest BCUT2D eigenvalue weighted by Gasteiger charge is 2.30. The van der Waals surface area contributed by atoms with Gasteiger partial charge in [-0.05, 0) is 31.0 Å². The zero-order valence-electron chi connectivity index (χ0n) is 16.1. The second-order valence-corrected chi connectivity index (χ2v) is 8.39. The van der Waals surface area contributed by atoms with Crippen molar-refractivity contribution in [3.05, 3.63) is 65.7 Å². The number of carboxylic acids is 2. The van der Waals surface area contributed by atoms with Crippen molar-refractivity contribution < 1.29 is 33.0 Å². The SMILES string of the molecule is Cc1ccc(S(=O)(=O)N[C@@H](Cc2ccccc2)C(=O)N[C@@H](CC(=O)O)C(=O)O)cc1. The molecule has 30 heavy (non-hydrogen) atoms. The van der Waals surface area contributed by atoms with Gasteiger partial charge in [-0.15, -0.1) is 0 Å². The Labute approximate surface area is 173 Å². The van der Waals surface area contributed by atoms with Crippen LogP contribution in [0, 0.1) is 6.92 Å². The van der Waals surface area contributed by atoms with Crippen LogP contribution in [0.4, 0.5) is 0 Å². The minimum atomic E-state index is -4.10. The van der Waals surface area contributed by atoms with Crippen LogP contribution in [-0.2, 0) is 30.8 Å². The monoisotopic (exact) mass is 434 g/mol. The second kappa shape index (κ2) is 9.99. The Morgan fingerprint density at radius 2 is 1.53 bits per heavy atom. The van der Waals surface area contributed by atoms with Crippen molar-refractivity contribution in [3.63, 3.8) is 0 Å². The highest BCUT2D eigenvalue weighted by atomic mass is 32.2. The first-order valence-corrected chi connectivity index (χ1v) is 10.4. The number of rotatable bonds is 10. The summed E-state index contributed by atoms with van der Waals surface area (Å²) in [5, 5.41) is 20.1. The molecule has 2 rings (SSSR count). The van der Waals surface area contributed by atoms with E-state index < -0.39 is 46.4 Å². The third-order valence-corrected chi connectivity index (χ3v) is 5.71. The van der Waals surface area contributed by atoms with Crippen LogP contribution < -0.4 is 10.0 Å². The fraction of sp³-hybridized carbons (Fsp3) is 0.250. The van der Waals surface area contributed by atoms with E-state index in [-0.39, 0.29) is 11.3 Å². The van der Waals surface area contributed by atoms with Crippen molar-refractivity contribution in [1.82, 2.24) is 10.0 Å². The Bertz CT molecular complexity index is 1010. The van der Waals surface area contributed by atoms with Crippen LogP contribution in [0.25, 0.3) is 0 Å². The van der Waals surface area contributed by atoms with E-state index in [9.17, 15) is 22.8 Å². The van der Waals surface area contributed by atoms with Crippen molar-refractivity contribution in [2.45, 2.75) is 36.7 Å². The summed E-state index contributed by atoms with van der Waals surface area (Å²) >= 11 is 0. The molecular formula is C20H22N2O7S. The summed E-state index contributed by atoms with van der Waals surface area (Å²) in [6.07, 6.45) is -0.902. The molecule has 2 atom stereocenters. The maximum Gasteiger partial charge on any atom is 0.326 e. The number of carbonyl (C=O) groups excluding carboxylic acids is 1. The molecule has 9 nitrogen and oxygen atoms in total. The van der Waals surface area contributed by atoms with Gasteiger partial charge in [0.2, 0.25) is 15.9 Å². The van der Waals surface area contributed by atoms with E-state index in [1.807, 2.05) is 0 Å². The standard InChI is InChI=1S/C20H22N2O7S/c1-13-7-9-15(10-8-13)30(28,29)22-16(11-14-5-3-2-4-6-14)19(25)21-17(20(26)27)12-18(23)24/h2-10,16-17,22H,11-12H2,1H3,(H,21,25)(H,23,24)(H,26,27)/t16-,17-/m0/s1. The lowest BCUT2D eigenvalue weighted by Gasteiger charge is -2.21. The van der Waals surface area contributed by atoms with Crippen LogP contribution >= 0.6 is 0 Å². The van der Waals surface area contributed by atoms with E-state index in [0.29, 0.717) is 5.56 Å². The molecule has 0 bridgehead atoms. The summed E-state index contributed by atoms with van der Waals surface area (Å²) in [5.74, 6) is -3.89. The normalized spacial score (nSPS) is 13.2. The minimum Gasteiger partial charge on any atom is -0.481 e. The lowest BCUT2D eigenvalue weighted by atomic mass is 10.1. The highest BCUT2D eigenvalue weighted by molar-refractivity contribution is 7.89. The van der Waals surface area contributed by atoms with E-state index in [0.717, 1.165) is 5.56 Å². The smallest absolute Gasteiger partial charge is 0.326 e. The van der Waals surface area contributed by atoms with Gasteiger partial charge in [0.25, 0.3) is 0 Å². The quantitative estimate of drug-likeness (QED) is 0.434. The summed E-state index contributed by atoms with van der Waals surface area (Å²) in [5.41, 5.74) is 1.49. The molecule has 1 amide bonds. The summed E-state index contributed by atoms with van der Waals surface area (Å²) in [7, 11) is -4.10. The van der Waals surface area contributed by atoms with E-state index in [1.54, 1.807) is 49.4 Å². The number of aryl methyl sites for hydroxylation is 1. The van der Waals surface area contributed by atoms with Crippen LogP contribution in [0.3, 0.4) is 0 Å². The van der Waals surface area contributed by atoms with Gasteiger partial charge in [0.1, 0.15) is 12.1 Å². The molecule has 0 spiro atoms. The summed E-state index contributed by atoms with van der Waals surface area (Å²) in [6, 6.07) is 11.5. The highest BCUT2D eigenvalue weighted by Crippen LogP contribution is 2.13. The minimum absolute atomic E-state index is 0.0562. The Hall–Kier alpha value is -3.24. The predicted octanol–water partition coefficient (Wildman–Crippen LogP) is 0.929. The molecular weight excluding hydrogens is 412 g/mol. The number of benzene rings is 2. The third-order valence-electron chi connectivity index (χ3n) is 4.22. The largest absolute Gasteiger partial charge is 0.481 e. The Morgan fingerprint density at radius 1 is 0.933 bits per heavy atom. The molecule has 0 fully saturated rings. The zero-order chi connectivity index (χ0) is 22.3. The first-order valence-electron chi connectivity index (χ1n) is 8.96. The van der Waals surface area contributed by atoms with Crippen molar-refractivity contribution in [2.24, 2.45) is 0 Å². The van der Waals surface area contributed by atoms with Gasteiger partial charge in [0.05, 0.1) is 11.3 Å². The van der Waals surface area contributed by atoms with Gasteiger partial charge < -0.3 is 15.5 Å². The van der Waals surface area contributed by atoms with Gasteiger partial charge in [0.15, 0.2) is 0 Å². The van der Waals surface area contributed by atoms with Crippen LogP contribution in [0.2, 0.25) is 0 Å². The summed E-state index contributed by atoms with van der Waals surface area (Å²) < 4.78 is 27.8. The lowest BCUT2D eigenvalue weighted by molar-refractivity contribution is -0.147. The average molecular weight is 434 g/mol. The Balaban J connectivity index is 2.29. The fourth-order valence-electron chi connectivity index (χ4n) is 2.66. The van der Waals surface area contributed by atoms with E-state index in [4.69, 9.17) is 10.2 Å². The first-order chi connectivity index (χ1) is 14.1. The topological polar surface area (TPSA) is 150 Å². The van der Waals surface area contributed by atoms with E-state index in [1.165, 1.54) is 12.1 Å². The van der Waals surface area contributed by atoms with Crippen LogP contribution in [0.5, 0.6) is 0 Å². The molecule has 2 aromatic rings. The number of sulfonamides is 1. The van der Waals surface area contributed by atoms with Crippen molar-refractivity contribution in [2.75, 3.05) is 0 Å². The molecule has 2 aromatic carbocycles. The number of hydrogen-bond acceptors (Lipinski definition) is 5. The number of hydrogen-bond donors (Lipinski definition) is 4. The lowest BCUT2D eigenvalue weighted by Crippen LogP contribution is -2.52. The number of carboxylic acid groups (broad SMARTS) is 2. The van der Waals surface area contributed by atoms with Gasteiger partial charge in [-0.3, -0.25) is 9.59 Å². The number of aliphatic carboxylic acids is 2. The maximum absolute atomic E-state index is 12.7. The van der Waals surface area contributed by atoms with Gasteiger partial charge >= 0.3 is 11.9 Å². The Morgan fingerprint density at radius 3 is 2.07 bits per heavy atom. The molecule has 0 aliphatic heterocycles. The van der Waals surface area contributed by atoms with Crippen LogP contribution in [-0.4, -0.2) is 48.6 Å². The third kappa shape index (κ3) is 6.68. The fourth-order valence-corrected chi connectivity index (χ4v) is 3.85. The maximum atomic E-state index is 12.7. The molecule has 0 aliphatic rings. The molecule has 10 heteroatoms. The molecule has 0 heterocycles. The number of carbonyl (C=O) groups is 3. The zero-order valence-corrected chi connectivity index (χ0v) is 16.9.